The molecule has 0 bridgehead atoms. The van der Waals surface area contributed by atoms with Crippen LogP contribution < -0.4 is 10.2 Å². The van der Waals surface area contributed by atoms with Gasteiger partial charge in [0.05, 0.1) is 12.2 Å². The van der Waals surface area contributed by atoms with Crippen LogP contribution in [-0.4, -0.2) is 42.4 Å². The van der Waals surface area contributed by atoms with Gasteiger partial charge in [-0.25, -0.2) is 10.2 Å². The van der Waals surface area contributed by atoms with Crippen molar-refractivity contribution in [3.63, 3.8) is 0 Å². The van der Waals surface area contributed by atoms with E-state index in [1.807, 2.05) is 38.1 Å². The second-order valence-electron chi connectivity index (χ2n) is 7.35. The van der Waals surface area contributed by atoms with Crippen LogP contribution in [-0.2, 0) is 19.4 Å². The number of nitrogens with two attached hydrogens (primary N) is 1. The highest BCUT2D eigenvalue weighted by atomic mass is 35.5. The molecule has 1 aliphatic rings. The molecule has 0 amide bonds. The van der Waals surface area contributed by atoms with Crippen LogP contribution in [0.5, 0.6) is 5.75 Å². The van der Waals surface area contributed by atoms with E-state index in [0.717, 1.165) is 22.1 Å². The lowest BCUT2D eigenvalue weighted by atomic mass is 9.90. The molecule has 1 heterocycles. The highest BCUT2D eigenvalue weighted by molar-refractivity contribution is 7.53. The van der Waals surface area contributed by atoms with E-state index in [4.69, 9.17) is 42.7 Å². The number of nitrogens with zero attached hydrogens (tertiary/aromatic N) is 1. The highest BCUT2D eigenvalue weighted by Crippen LogP contribution is 2.45. The van der Waals surface area contributed by atoms with Crippen LogP contribution in [0.3, 0.4) is 0 Å². The first-order chi connectivity index (χ1) is 13.8. The van der Waals surface area contributed by atoms with Gasteiger partial charge in [0, 0.05) is 36.8 Å². The molecule has 9 heteroatoms. The largest absolute Gasteiger partial charge is 0.464 e. The van der Waals surface area contributed by atoms with Gasteiger partial charge in [0.2, 0.25) is 6.29 Å². The molecular formula is C20H27Cl2N2O4P. The van der Waals surface area contributed by atoms with Crippen molar-refractivity contribution in [2.75, 3.05) is 31.5 Å². The van der Waals surface area contributed by atoms with Gasteiger partial charge in [-0.2, -0.15) is 0 Å². The Kier molecular flexibility index (Phi) is 7.50. The fraction of sp³-hybridized carbons (Fsp3) is 0.500. The minimum absolute atomic E-state index is 0.124. The van der Waals surface area contributed by atoms with E-state index >= 15 is 0 Å². The fourth-order valence-corrected chi connectivity index (χ4v) is 5.52. The van der Waals surface area contributed by atoms with Gasteiger partial charge < -0.3 is 14.0 Å². The molecule has 2 unspecified atom stereocenters. The van der Waals surface area contributed by atoms with E-state index in [-0.39, 0.29) is 18.4 Å². The lowest BCUT2D eigenvalue weighted by molar-refractivity contribution is -0.186. The van der Waals surface area contributed by atoms with Crippen LogP contribution >= 0.6 is 30.9 Å². The Labute approximate surface area is 181 Å². The molecule has 0 saturated carbocycles. The van der Waals surface area contributed by atoms with Crippen LogP contribution in [0, 0.1) is 0 Å². The Morgan fingerprint density at radius 1 is 1.17 bits per heavy atom. The van der Waals surface area contributed by atoms with E-state index in [1.54, 1.807) is 0 Å². The standard InChI is InChI=1S/C20H27Cl2N2O4P/c1-20(2)19-16-6-4-3-5-15(16)7-8-17(19)27-18(28-20)9-14-26-29(23,25)24(12-10-21)13-11-22/h3-8,18H,9-14H2,1-2H3,(H2,23,25). The van der Waals surface area contributed by atoms with Crippen molar-refractivity contribution in [2.24, 2.45) is 5.50 Å². The molecule has 1 aliphatic heterocycles. The summed E-state index contributed by atoms with van der Waals surface area (Å²) in [5, 5.41) is 2.24. The normalized spacial score (nSPS) is 20.3. The monoisotopic (exact) mass is 460 g/mol. The number of alkyl halides is 2. The zero-order chi connectivity index (χ0) is 21.1. The molecule has 0 radical (unpaired) electrons. The molecule has 0 fully saturated rings. The van der Waals surface area contributed by atoms with Gasteiger partial charge in [-0.1, -0.05) is 30.3 Å². The quantitative estimate of drug-likeness (QED) is 0.416. The van der Waals surface area contributed by atoms with Crippen LogP contribution in [0.2, 0.25) is 0 Å². The van der Waals surface area contributed by atoms with E-state index in [9.17, 15) is 4.57 Å². The van der Waals surface area contributed by atoms with Gasteiger partial charge in [0.15, 0.2) is 0 Å². The zero-order valence-corrected chi connectivity index (χ0v) is 19.1. The topological polar surface area (TPSA) is 74.0 Å². The molecule has 2 N–H and O–H groups in total. The van der Waals surface area contributed by atoms with Crippen molar-refractivity contribution >= 4 is 41.6 Å². The van der Waals surface area contributed by atoms with Gasteiger partial charge in [-0.15, -0.1) is 23.2 Å². The smallest absolute Gasteiger partial charge is 0.340 e. The third kappa shape index (κ3) is 5.26. The zero-order valence-electron chi connectivity index (χ0n) is 16.6. The maximum absolute atomic E-state index is 12.7. The summed E-state index contributed by atoms with van der Waals surface area (Å²) >= 11 is 11.5. The van der Waals surface area contributed by atoms with Gasteiger partial charge in [-0.3, -0.25) is 4.57 Å². The van der Waals surface area contributed by atoms with Gasteiger partial charge in [-0.05, 0) is 30.7 Å². The predicted molar refractivity (Wildman–Crippen MR) is 118 cm³/mol. The number of hydrogen-bond acceptors (Lipinski definition) is 4. The molecule has 2 aromatic rings. The first kappa shape index (κ1) is 22.8. The van der Waals surface area contributed by atoms with E-state index < -0.39 is 19.6 Å². The molecular weight excluding hydrogens is 434 g/mol. The number of fused-ring (bicyclic) bond motifs is 3. The predicted octanol–water partition coefficient (Wildman–Crippen LogP) is 5.06. The maximum atomic E-state index is 12.7. The number of hydrogen-bond donors (Lipinski definition) is 1. The molecule has 3 rings (SSSR count). The minimum Gasteiger partial charge on any atom is -0.464 e. The third-order valence-corrected chi connectivity index (χ3v) is 6.97. The second kappa shape index (κ2) is 9.52. The van der Waals surface area contributed by atoms with Crippen LogP contribution in [0.1, 0.15) is 25.8 Å². The lowest BCUT2D eigenvalue weighted by Gasteiger charge is -2.39. The number of halogens is 2. The Morgan fingerprint density at radius 3 is 2.55 bits per heavy atom. The average molecular weight is 461 g/mol. The van der Waals surface area contributed by atoms with Crippen molar-refractivity contribution in [3.8, 4) is 5.75 Å². The summed E-state index contributed by atoms with van der Waals surface area (Å²) in [7, 11) is -3.48. The lowest BCUT2D eigenvalue weighted by Crippen LogP contribution is -2.38. The van der Waals surface area contributed by atoms with E-state index in [1.165, 1.54) is 4.67 Å². The number of ether oxygens (including phenoxy) is 2. The average Bonchev–Trinajstić information content (AvgIpc) is 2.66. The van der Waals surface area contributed by atoms with Gasteiger partial charge in [0.25, 0.3) is 0 Å². The molecule has 0 aromatic heterocycles. The van der Waals surface area contributed by atoms with Crippen molar-refractivity contribution in [1.29, 1.82) is 0 Å². The third-order valence-electron chi connectivity index (χ3n) is 4.89. The molecule has 2 atom stereocenters. The second-order valence-corrected chi connectivity index (χ2v) is 10.1. The summed E-state index contributed by atoms with van der Waals surface area (Å²) in [6.07, 6.45) is -0.153. The summed E-state index contributed by atoms with van der Waals surface area (Å²) < 4.78 is 31.9. The highest BCUT2D eigenvalue weighted by Gasteiger charge is 2.37. The van der Waals surface area contributed by atoms with Gasteiger partial charge >= 0.3 is 7.67 Å². The minimum atomic E-state index is -3.48. The molecule has 6 nitrogen and oxygen atoms in total. The van der Waals surface area contributed by atoms with Crippen molar-refractivity contribution in [3.05, 3.63) is 42.0 Å². The number of benzene rings is 2. The van der Waals surface area contributed by atoms with Crippen LogP contribution in [0.25, 0.3) is 10.8 Å². The first-order valence-corrected chi connectivity index (χ1v) is 12.3. The van der Waals surface area contributed by atoms with Crippen molar-refractivity contribution < 1.29 is 18.6 Å². The maximum Gasteiger partial charge on any atom is 0.340 e. The molecule has 0 saturated heterocycles. The van der Waals surface area contributed by atoms with Crippen molar-refractivity contribution in [1.82, 2.24) is 4.67 Å². The molecule has 2 aromatic carbocycles. The summed E-state index contributed by atoms with van der Waals surface area (Å²) in [5.74, 6) is 1.36. The summed E-state index contributed by atoms with van der Waals surface area (Å²) in [5.41, 5.74) is 6.38. The Bertz CT molecular complexity index is 890. The number of rotatable bonds is 9. The van der Waals surface area contributed by atoms with Crippen molar-refractivity contribution in [2.45, 2.75) is 32.2 Å². The molecule has 0 aliphatic carbocycles. The first-order valence-electron chi connectivity index (χ1n) is 9.55. The fourth-order valence-electron chi connectivity index (χ4n) is 3.59. The van der Waals surface area contributed by atoms with E-state index in [0.29, 0.717) is 19.5 Å². The van der Waals surface area contributed by atoms with Crippen LogP contribution in [0.4, 0.5) is 0 Å². The Hall–Kier alpha value is -0.850. The molecule has 29 heavy (non-hydrogen) atoms. The van der Waals surface area contributed by atoms with Gasteiger partial charge in [0.1, 0.15) is 5.75 Å². The molecule has 0 spiro atoms. The summed E-state index contributed by atoms with van der Waals surface area (Å²) in [6, 6.07) is 12.1. The Balaban J connectivity index is 1.68. The Morgan fingerprint density at radius 2 is 1.86 bits per heavy atom. The summed E-state index contributed by atoms with van der Waals surface area (Å²) in [6.45, 7) is 4.84. The SMILES string of the molecule is CC1(C)OC(CCOP(N)(=O)N(CCCl)CCCl)Oc2ccc3ccccc3c21. The van der Waals surface area contributed by atoms with E-state index in [2.05, 4.69) is 12.1 Å². The summed E-state index contributed by atoms with van der Waals surface area (Å²) in [4.78, 5) is 0. The molecule has 160 valence electrons. The van der Waals surface area contributed by atoms with Crippen LogP contribution in [0.15, 0.2) is 36.4 Å².